The third-order valence-corrected chi connectivity index (χ3v) is 5.85. The number of carbonyl (C=O) groups is 1. The molecule has 0 saturated heterocycles. The zero-order chi connectivity index (χ0) is 16.9. The van der Waals surface area contributed by atoms with Crippen LogP contribution in [-0.4, -0.2) is 16.0 Å². The zero-order valence-electron chi connectivity index (χ0n) is 13.2. The van der Waals surface area contributed by atoms with Crippen molar-refractivity contribution >= 4 is 39.5 Å². The van der Waals surface area contributed by atoms with Crippen LogP contribution in [0.2, 0.25) is 0 Å². The normalized spacial score (nSPS) is 13.2. The first-order chi connectivity index (χ1) is 11.6. The molecule has 0 bridgehead atoms. The quantitative estimate of drug-likeness (QED) is 0.878. The molecule has 2 aromatic carbocycles. The Hall–Kier alpha value is -1.79. The molecule has 1 amide bonds. The van der Waals surface area contributed by atoms with Crippen molar-refractivity contribution in [3.8, 4) is 0 Å². The van der Waals surface area contributed by atoms with Gasteiger partial charge in [0.15, 0.2) is 0 Å². The van der Waals surface area contributed by atoms with Crippen molar-refractivity contribution in [2.75, 3.05) is 5.75 Å². The van der Waals surface area contributed by atoms with Crippen molar-refractivity contribution < 1.29 is 9.18 Å². The van der Waals surface area contributed by atoms with Gasteiger partial charge in [0.05, 0.1) is 11.4 Å². The Kier molecular flexibility index (Phi) is 5.58. The second kappa shape index (κ2) is 7.85. The molecule has 1 aliphatic rings. The topological polar surface area (TPSA) is 41.5 Å². The summed E-state index contributed by atoms with van der Waals surface area (Å²) in [5.41, 5.74) is 3.56. The zero-order valence-corrected chi connectivity index (χ0v) is 14.8. The van der Waals surface area contributed by atoms with Crippen LogP contribution in [0.4, 0.5) is 10.1 Å². The molecule has 0 aromatic heterocycles. The molecule has 6 heteroatoms. The number of nitrogens with one attached hydrogen (secondary N) is 1. The molecule has 1 N–H and O–H groups in total. The molecule has 124 valence electrons. The van der Waals surface area contributed by atoms with Crippen molar-refractivity contribution in [1.29, 1.82) is 0 Å². The second-order valence-corrected chi connectivity index (χ2v) is 7.63. The Morgan fingerprint density at radius 2 is 2.17 bits per heavy atom. The lowest BCUT2D eigenvalue weighted by atomic mass is 10.1. The van der Waals surface area contributed by atoms with Crippen molar-refractivity contribution in [1.82, 2.24) is 5.32 Å². The molecule has 0 saturated carbocycles. The number of aliphatic imine (C=N–C) groups is 1. The summed E-state index contributed by atoms with van der Waals surface area (Å²) in [6, 6.07) is 13.0. The number of rotatable bonds is 4. The summed E-state index contributed by atoms with van der Waals surface area (Å²) in [5, 5.41) is 2.81. The molecular formula is C18H17FN2OS2. The van der Waals surface area contributed by atoms with Gasteiger partial charge in [-0.05, 0) is 35.7 Å². The van der Waals surface area contributed by atoms with E-state index in [9.17, 15) is 9.18 Å². The summed E-state index contributed by atoms with van der Waals surface area (Å²) in [6.45, 7) is 2.05. The lowest BCUT2D eigenvalue weighted by molar-refractivity contribution is -0.118. The van der Waals surface area contributed by atoms with Gasteiger partial charge in [-0.2, -0.15) is 0 Å². The monoisotopic (exact) mass is 360 g/mol. The van der Waals surface area contributed by atoms with E-state index in [2.05, 4.69) is 16.4 Å². The average Bonchev–Trinajstić information content (AvgIpc) is 2.60. The first-order valence-corrected chi connectivity index (χ1v) is 9.53. The van der Waals surface area contributed by atoms with Gasteiger partial charge in [-0.1, -0.05) is 53.9 Å². The molecule has 3 nitrogen and oxygen atoms in total. The molecule has 1 heterocycles. The summed E-state index contributed by atoms with van der Waals surface area (Å²) in [6.07, 6.45) is 0. The van der Waals surface area contributed by atoms with Gasteiger partial charge in [-0.25, -0.2) is 9.38 Å². The Balaban J connectivity index is 1.49. The number of hydrogen-bond donors (Lipinski definition) is 1. The number of nitrogens with zero attached hydrogens (tertiary/aromatic N) is 1. The minimum atomic E-state index is -0.247. The van der Waals surface area contributed by atoms with E-state index in [1.165, 1.54) is 23.4 Å². The Labute approximate surface area is 149 Å². The molecule has 0 fully saturated rings. The van der Waals surface area contributed by atoms with Crippen LogP contribution in [0, 0.1) is 12.7 Å². The smallest absolute Gasteiger partial charge is 0.230 e. The number of benzene rings is 2. The van der Waals surface area contributed by atoms with Crippen LogP contribution in [-0.2, 0) is 17.1 Å². The van der Waals surface area contributed by atoms with Gasteiger partial charge in [0, 0.05) is 12.3 Å². The maximum atomic E-state index is 13.5. The van der Waals surface area contributed by atoms with Crippen LogP contribution in [0.3, 0.4) is 0 Å². The summed E-state index contributed by atoms with van der Waals surface area (Å²) < 4.78 is 14.4. The average molecular weight is 360 g/mol. The molecule has 24 heavy (non-hydrogen) atoms. The predicted octanol–water partition coefficient (Wildman–Crippen LogP) is 4.42. The first-order valence-electron chi connectivity index (χ1n) is 7.56. The van der Waals surface area contributed by atoms with Crippen LogP contribution in [0.25, 0.3) is 0 Å². The highest BCUT2D eigenvalue weighted by atomic mass is 32.2. The maximum Gasteiger partial charge on any atom is 0.230 e. The first kappa shape index (κ1) is 17.0. The van der Waals surface area contributed by atoms with Crippen LogP contribution in [0.15, 0.2) is 47.5 Å². The summed E-state index contributed by atoms with van der Waals surface area (Å²) in [7, 11) is 0. The van der Waals surface area contributed by atoms with E-state index in [-0.39, 0.29) is 11.7 Å². The van der Waals surface area contributed by atoms with Crippen molar-refractivity contribution in [3.05, 3.63) is 65.0 Å². The standard InChI is InChI=1S/C18H17FN2OS2/c1-12-6-7-13(8-15(12)19)9-20-17(22)11-24-18-21-16-5-3-2-4-14(16)10-23-18/h2-8H,9-11H2,1H3,(H,20,22). The van der Waals surface area contributed by atoms with Gasteiger partial charge in [-0.3, -0.25) is 4.79 Å². The summed E-state index contributed by atoms with van der Waals surface area (Å²) in [5.74, 6) is 0.861. The fourth-order valence-electron chi connectivity index (χ4n) is 2.21. The van der Waals surface area contributed by atoms with Gasteiger partial charge in [-0.15, -0.1) is 0 Å². The van der Waals surface area contributed by atoms with Crippen LogP contribution < -0.4 is 5.32 Å². The van der Waals surface area contributed by atoms with E-state index >= 15 is 0 Å². The highest BCUT2D eigenvalue weighted by molar-refractivity contribution is 8.38. The number of fused-ring (bicyclic) bond motifs is 1. The Morgan fingerprint density at radius 3 is 3.00 bits per heavy atom. The second-order valence-electron chi connectivity index (χ2n) is 5.44. The van der Waals surface area contributed by atoms with Crippen LogP contribution in [0.1, 0.15) is 16.7 Å². The minimum Gasteiger partial charge on any atom is -0.351 e. The number of halogens is 1. The van der Waals surface area contributed by atoms with Crippen LogP contribution >= 0.6 is 23.5 Å². The number of thioether (sulfide) groups is 2. The van der Waals surface area contributed by atoms with Gasteiger partial charge in [0.25, 0.3) is 0 Å². The van der Waals surface area contributed by atoms with E-state index in [1.54, 1.807) is 24.8 Å². The summed E-state index contributed by atoms with van der Waals surface area (Å²) >= 11 is 3.09. The van der Waals surface area contributed by atoms with Crippen molar-refractivity contribution in [3.63, 3.8) is 0 Å². The molecule has 0 aliphatic carbocycles. The Bertz CT molecular complexity index is 792. The number of carbonyl (C=O) groups excluding carboxylic acids is 1. The molecule has 1 aliphatic heterocycles. The number of para-hydroxylation sites is 1. The van der Waals surface area contributed by atoms with Crippen molar-refractivity contribution in [2.45, 2.75) is 19.2 Å². The van der Waals surface area contributed by atoms with Crippen molar-refractivity contribution in [2.24, 2.45) is 4.99 Å². The van der Waals surface area contributed by atoms with Crippen LogP contribution in [0.5, 0.6) is 0 Å². The fraction of sp³-hybridized carbons (Fsp3) is 0.222. The van der Waals surface area contributed by atoms with E-state index in [1.807, 2.05) is 24.3 Å². The molecule has 0 spiro atoms. The lowest BCUT2D eigenvalue weighted by Crippen LogP contribution is -2.25. The molecule has 0 unspecified atom stereocenters. The van der Waals surface area contributed by atoms with E-state index in [0.717, 1.165) is 21.4 Å². The van der Waals surface area contributed by atoms with E-state index < -0.39 is 0 Å². The third-order valence-electron chi connectivity index (χ3n) is 3.61. The minimum absolute atomic E-state index is 0.0804. The number of aryl methyl sites for hydroxylation is 1. The number of amides is 1. The molecule has 0 radical (unpaired) electrons. The lowest BCUT2D eigenvalue weighted by Gasteiger charge is -2.14. The summed E-state index contributed by atoms with van der Waals surface area (Å²) in [4.78, 5) is 16.5. The largest absolute Gasteiger partial charge is 0.351 e. The van der Waals surface area contributed by atoms with Gasteiger partial charge in [0.2, 0.25) is 5.91 Å². The number of hydrogen-bond acceptors (Lipinski definition) is 4. The highest BCUT2D eigenvalue weighted by Crippen LogP contribution is 2.34. The van der Waals surface area contributed by atoms with E-state index in [0.29, 0.717) is 17.9 Å². The van der Waals surface area contributed by atoms with Gasteiger partial charge >= 0.3 is 0 Å². The molecule has 3 rings (SSSR count). The Morgan fingerprint density at radius 1 is 1.33 bits per heavy atom. The maximum absolute atomic E-state index is 13.5. The SMILES string of the molecule is Cc1ccc(CNC(=O)CSC2=Nc3ccccc3CS2)cc1F. The molecule has 0 atom stereocenters. The van der Waals surface area contributed by atoms with Gasteiger partial charge < -0.3 is 5.32 Å². The third kappa shape index (κ3) is 4.39. The van der Waals surface area contributed by atoms with E-state index in [4.69, 9.17) is 0 Å². The predicted molar refractivity (Wildman–Crippen MR) is 100 cm³/mol. The van der Waals surface area contributed by atoms with Gasteiger partial charge in [0.1, 0.15) is 10.2 Å². The fourth-order valence-corrected chi connectivity index (χ4v) is 4.10. The molecular weight excluding hydrogens is 343 g/mol. The molecule has 2 aromatic rings. The highest BCUT2D eigenvalue weighted by Gasteiger charge is 2.14.